The smallest absolute Gasteiger partial charge is 0.235 e. The molecule has 2 aliphatic heterocycles. The SMILES string of the molecule is O=C(Cc1ccc(F)cc1)N1CCC2(CC1)CC(=O)N(c1ccccc1)c1ccccc1O2. The first kappa shape index (κ1) is 21.2. The van der Waals surface area contributed by atoms with E-state index in [4.69, 9.17) is 4.74 Å². The number of piperidine rings is 1. The summed E-state index contributed by atoms with van der Waals surface area (Å²) in [7, 11) is 0. The van der Waals surface area contributed by atoms with Crippen molar-refractivity contribution in [3.05, 3.63) is 90.2 Å². The van der Waals surface area contributed by atoms with Gasteiger partial charge in [0.05, 0.1) is 18.5 Å². The highest BCUT2D eigenvalue weighted by Gasteiger charge is 2.44. The number of fused-ring (bicyclic) bond motifs is 1. The molecule has 5 rings (SSSR count). The van der Waals surface area contributed by atoms with Gasteiger partial charge in [-0.3, -0.25) is 14.5 Å². The van der Waals surface area contributed by atoms with E-state index in [-0.39, 0.29) is 30.5 Å². The highest BCUT2D eigenvalue weighted by Crippen LogP contribution is 2.43. The largest absolute Gasteiger partial charge is 0.484 e. The zero-order valence-corrected chi connectivity index (χ0v) is 18.2. The lowest BCUT2D eigenvalue weighted by Gasteiger charge is -2.40. The van der Waals surface area contributed by atoms with E-state index in [1.807, 2.05) is 59.5 Å². The maximum Gasteiger partial charge on any atom is 0.235 e. The van der Waals surface area contributed by atoms with Gasteiger partial charge in [-0.1, -0.05) is 42.5 Å². The van der Waals surface area contributed by atoms with E-state index in [1.165, 1.54) is 12.1 Å². The second-order valence-electron chi connectivity index (χ2n) is 8.68. The highest BCUT2D eigenvalue weighted by atomic mass is 19.1. The number of benzene rings is 3. The van der Waals surface area contributed by atoms with Crippen LogP contribution in [0.4, 0.5) is 15.8 Å². The molecule has 0 N–H and O–H groups in total. The van der Waals surface area contributed by atoms with E-state index in [0.717, 1.165) is 16.9 Å². The fourth-order valence-electron chi connectivity index (χ4n) is 4.68. The maximum atomic E-state index is 13.5. The Balaban J connectivity index is 1.34. The Morgan fingerprint density at radius 1 is 0.909 bits per heavy atom. The lowest BCUT2D eigenvalue weighted by Crippen LogP contribution is -2.51. The lowest BCUT2D eigenvalue weighted by atomic mass is 9.87. The molecule has 3 aromatic rings. The molecule has 33 heavy (non-hydrogen) atoms. The van der Waals surface area contributed by atoms with Gasteiger partial charge in [0.1, 0.15) is 17.2 Å². The van der Waals surface area contributed by atoms with Crippen molar-refractivity contribution in [2.24, 2.45) is 0 Å². The number of para-hydroxylation sites is 3. The Kier molecular flexibility index (Phi) is 5.58. The Morgan fingerprint density at radius 2 is 1.58 bits per heavy atom. The number of halogens is 1. The summed E-state index contributed by atoms with van der Waals surface area (Å²) < 4.78 is 19.7. The molecule has 3 aromatic carbocycles. The van der Waals surface area contributed by atoms with E-state index < -0.39 is 5.60 Å². The van der Waals surface area contributed by atoms with Crippen molar-refractivity contribution in [3.8, 4) is 5.75 Å². The monoisotopic (exact) mass is 444 g/mol. The summed E-state index contributed by atoms with van der Waals surface area (Å²) >= 11 is 0. The number of anilines is 2. The van der Waals surface area contributed by atoms with Crippen molar-refractivity contribution >= 4 is 23.2 Å². The number of hydrogen-bond donors (Lipinski definition) is 0. The summed E-state index contributed by atoms with van der Waals surface area (Å²) in [5, 5.41) is 0. The number of carbonyl (C=O) groups is 2. The van der Waals surface area contributed by atoms with Crippen molar-refractivity contribution in [1.82, 2.24) is 4.90 Å². The van der Waals surface area contributed by atoms with Crippen molar-refractivity contribution in [2.75, 3.05) is 18.0 Å². The molecule has 6 heteroatoms. The average molecular weight is 445 g/mol. The van der Waals surface area contributed by atoms with Gasteiger partial charge < -0.3 is 9.64 Å². The molecule has 1 saturated heterocycles. The fourth-order valence-corrected chi connectivity index (χ4v) is 4.68. The van der Waals surface area contributed by atoms with Crippen LogP contribution < -0.4 is 9.64 Å². The molecule has 0 unspecified atom stereocenters. The topological polar surface area (TPSA) is 49.9 Å². The Hall–Kier alpha value is -3.67. The van der Waals surface area contributed by atoms with Crippen LogP contribution >= 0.6 is 0 Å². The van der Waals surface area contributed by atoms with E-state index in [0.29, 0.717) is 31.7 Å². The lowest BCUT2D eigenvalue weighted by molar-refractivity contribution is -0.134. The van der Waals surface area contributed by atoms with E-state index in [9.17, 15) is 14.0 Å². The molecule has 0 bridgehead atoms. The van der Waals surface area contributed by atoms with E-state index in [1.54, 1.807) is 17.0 Å². The zero-order chi connectivity index (χ0) is 22.8. The number of carbonyl (C=O) groups excluding carboxylic acids is 2. The third-order valence-electron chi connectivity index (χ3n) is 6.47. The van der Waals surface area contributed by atoms with Gasteiger partial charge in [-0.25, -0.2) is 4.39 Å². The summed E-state index contributed by atoms with van der Waals surface area (Å²) in [6.45, 7) is 1.03. The van der Waals surface area contributed by atoms with Gasteiger partial charge in [-0.15, -0.1) is 0 Å². The van der Waals surface area contributed by atoms with Crippen LogP contribution in [0, 0.1) is 5.82 Å². The molecule has 0 atom stereocenters. The van der Waals surface area contributed by atoms with Crippen LogP contribution in [0.1, 0.15) is 24.8 Å². The predicted octanol–water partition coefficient (Wildman–Crippen LogP) is 4.88. The molecule has 2 amide bonds. The molecule has 2 heterocycles. The van der Waals surface area contributed by atoms with Crippen LogP contribution in [0.25, 0.3) is 0 Å². The minimum Gasteiger partial charge on any atom is -0.484 e. The molecule has 0 saturated carbocycles. The average Bonchev–Trinajstić information content (AvgIpc) is 2.94. The standard InChI is InChI=1S/C27H25FN2O3/c28-21-12-10-20(11-13-21)18-25(31)29-16-14-27(15-17-29)19-26(32)30(22-6-2-1-3-7-22)23-8-4-5-9-24(23)33-27/h1-13H,14-19H2. The molecule has 0 aliphatic carbocycles. The second kappa shape index (κ2) is 8.70. The summed E-state index contributed by atoms with van der Waals surface area (Å²) in [5.74, 6) is 0.351. The molecular formula is C27H25FN2O3. The van der Waals surface area contributed by atoms with Gasteiger partial charge in [0, 0.05) is 31.6 Å². The fraction of sp³-hybridized carbons (Fsp3) is 0.259. The third-order valence-corrected chi connectivity index (χ3v) is 6.47. The zero-order valence-electron chi connectivity index (χ0n) is 18.2. The predicted molar refractivity (Wildman–Crippen MR) is 124 cm³/mol. The van der Waals surface area contributed by atoms with Gasteiger partial charge in [0.15, 0.2) is 0 Å². The first-order chi connectivity index (χ1) is 16.0. The molecule has 1 fully saturated rings. The third kappa shape index (κ3) is 4.33. The molecule has 5 nitrogen and oxygen atoms in total. The Morgan fingerprint density at radius 3 is 2.30 bits per heavy atom. The molecule has 2 aliphatic rings. The molecule has 0 radical (unpaired) electrons. The summed E-state index contributed by atoms with van der Waals surface area (Å²) in [5.41, 5.74) is 1.68. The van der Waals surface area contributed by atoms with Gasteiger partial charge in [0.2, 0.25) is 11.8 Å². The summed E-state index contributed by atoms with van der Waals surface area (Å²) in [4.78, 5) is 29.8. The van der Waals surface area contributed by atoms with Crippen molar-refractivity contribution in [1.29, 1.82) is 0 Å². The summed E-state index contributed by atoms with van der Waals surface area (Å²) in [6.07, 6.45) is 1.63. The minimum absolute atomic E-state index is 0.00252. The summed E-state index contributed by atoms with van der Waals surface area (Å²) in [6, 6.07) is 23.2. The van der Waals surface area contributed by atoms with Crippen LogP contribution in [-0.2, 0) is 16.0 Å². The number of nitrogens with zero attached hydrogens (tertiary/aromatic N) is 2. The number of ether oxygens (including phenoxy) is 1. The van der Waals surface area contributed by atoms with Gasteiger partial charge in [0.25, 0.3) is 0 Å². The second-order valence-corrected chi connectivity index (χ2v) is 8.68. The molecular weight excluding hydrogens is 419 g/mol. The van der Waals surface area contributed by atoms with Gasteiger partial charge in [-0.2, -0.15) is 0 Å². The quantitative estimate of drug-likeness (QED) is 0.579. The van der Waals surface area contributed by atoms with Crippen molar-refractivity contribution in [3.63, 3.8) is 0 Å². The van der Waals surface area contributed by atoms with Crippen LogP contribution in [-0.4, -0.2) is 35.4 Å². The van der Waals surface area contributed by atoms with Crippen LogP contribution in [0.5, 0.6) is 5.75 Å². The normalized spacial score (nSPS) is 17.3. The molecule has 168 valence electrons. The number of amides is 2. The van der Waals surface area contributed by atoms with Crippen molar-refractivity contribution in [2.45, 2.75) is 31.3 Å². The van der Waals surface area contributed by atoms with E-state index in [2.05, 4.69) is 0 Å². The van der Waals surface area contributed by atoms with Crippen LogP contribution in [0.3, 0.4) is 0 Å². The first-order valence-electron chi connectivity index (χ1n) is 11.2. The number of rotatable bonds is 3. The minimum atomic E-state index is -0.649. The molecule has 0 aromatic heterocycles. The Bertz CT molecular complexity index is 1160. The first-order valence-corrected chi connectivity index (χ1v) is 11.2. The maximum absolute atomic E-state index is 13.5. The highest BCUT2D eigenvalue weighted by molar-refractivity contribution is 6.03. The number of hydrogen-bond acceptors (Lipinski definition) is 3. The van der Waals surface area contributed by atoms with Crippen LogP contribution in [0.2, 0.25) is 0 Å². The number of likely N-dealkylation sites (tertiary alicyclic amines) is 1. The van der Waals surface area contributed by atoms with E-state index >= 15 is 0 Å². The Labute approximate surface area is 192 Å². The van der Waals surface area contributed by atoms with Crippen molar-refractivity contribution < 1.29 is 18.7 Å². The van der Waals surface area contributed by atoms with Crippen LogP contribution in [0.15, 0.2) is 78.9 Å². The van der Waals surface area contributed by atoms with Gasteiger partial charge in [-0.05, 0) is 42.0 Å². The van der Waals surface area contributed by atoms with Gasteiger partial charge >= 0.3 is 0 Å². The molecule has 1 spiro atoms.